The van der Waals surface area contributed by atoms with Crippen molar-refractivity contribution in [3.8, 4) is 5.75 Å². The molecule has 0 aliphatic carbocycles. The monoisotopic (exact) mass is 219 g/mol. The summed E-state index contributed by atoms with van der Waals surface area (Å²) in [5.41, 5.74) is 8.95. The summed E-state index contributed by atoms with van der Waals surface area (Å²) in [4.78, 5) is 0. The van der Waals surface area contributed by atoms with Gasteiger partial charge in [0.05, 0.1) is 5.69 Å². The zero-order chi connectivity index (χ0) is 12.3. The standard InChI is InChI=1S/C14H21NO/c1-10(2)9-16-13-7-6-11(8-12(13)15)14(3,4)5/h6-8H,1,9,15H2,2-5H3. The van der Waals surface area contributed by atoms with Gasteiger partial charge in [0.15, 0.2) is 0 Å². The Hall–Kier alpha value is -1.44. The first-order chi connectivity index (χ1) is 7.30. The van der Waals surface area contributed by atoms with Gasteiger partial charge in [-0.05, 0) is 35.6 Å². The number of rotatable bonds is 3. The van der Waals surface area contributed by atoms with Crippen molar-refractivity contribution >= 4 is 5.69 Å². The van der Waals surface area contributed by atoms with Gasteiger partial charge >= 0.3 is 0 Å². The molecule has 0 saturated heterocycles. The van der Waals surface area contributed by atoms with Gasteiger partial charge in [0, 0.05) is 0 Å². The molecule has 2 N–H and O–H groups in total. The summed E-state index contributed by atoms with van der Waals surface area (Å²) in [7, 11) is 0. The molecule has 0 bridgehead atoms. The van der Waals surface area contributed by atoms with Crippen molar-refractivity contribution in [3.63, 3.8) is 0 Å². The zero-order valence-electron chi connectivity index (χ0n) is 10.6. The van der Waals surface area contributed by atoms with Crippen LogP contribution in [0.2, 0.25) is 0 Å². The van der Waals surface area contributed by atoms with Crippen LogP contribution in [0.15, 0.2) is 30.4 Å². The van der Waals surface area contributed by atoms with Gasteiger partial charge < -0.3 is 10.5 Å². The first-order valence-electron chi connectivity index (χ1n) is 5.48. The predicted molar refractivity (Wildman–Crippen MR) is 69.9 cm³/mol. The van der Waals surface area contributed by atoms with E-state index in [9.17, 15) is 0 Å². The Labute approximate surface area is 98.1 Å². The van der Waals surface area contributed by atoms with Crippen LogP contribution in [-0.4, -0.2) is 6.61 Å². The van der Waals surface area contributed by atoms with Gasteiger partial charge in [0.2, 0.25) is 0 Å². The van der Waals surface area contributed by atoms with Crippen LogP contribution in [-0.2, 0) is 5.41 Å². The molecule has 88 valence electrons. The van der Waals surface area contributed by atoms with Crippen LogP contribution in [0.3, 0.4) is 0 Å². The molecule has 16 heavy (non-hydrogen) atoms. The molecular weight excluding hydrogens is 198 g/mol. The molecule has 2 nitrogen and oxygen atoms in total. The van der Waals surface area contributed by atoms with Gasteiger partial charge in [-0.1, -0.05) is 33.4 Å². The van der Waals surface area contributed by atoms with Gasteiger partial charge in [0.25, 0.3) is 0 Å². The molecule has 2 heteroatoms. The van der Waals surface area contributed by atoms with Crippen LogP contribution in [0, 0.1) is 0 Å². The van der Waals surface area contributed by atoms with E-state index >= 15 is 0 Å². The topological polar surface area (TPSA) is 35.2 Å². The van der Waals surface area contributed by atoms with E-state index in [1.165, 1.54) is 5.56 Å². The molecule has 1 aromatic rings. The predicted octanol–water partition coefficient (Wildman–Crippen LogP) is 3.52. The Balaban J connectivity index is 2.88. The Morgan fingerprint density at radius 2 is 2.00 bits per heavy atom. The summed E-state index contributed by atoms with van der Waals surface area (Å²) < 4.78 is 5.54. The summed E-state index contributed by atoms with van der Waals surface area (Å²) in [6.45, 7) is 12.7. The largest absolute Gasteiger partial charge is 0.487 e. The summed E-state index contributed by atoms with van der Waals surface area (Å²) in [6.07, 6.45) is 0. The first-order valence-corrected chi connectivity index (χ1v) is 5.48. The second kappa shape index (κ2) is 4.60. The molecule has 1 rings (SSSR count). The van der Waals surface area contributed by atoms with Crippen molar-refractivity contribution in [1.82, 2.24) is 0 Å². The summed E-state index contributed by atoms with van der Waals surface area (Å²) in [6, 6.07) is 5.97. The third-order valence-electron chi connectivity index (χ3n) is 2.35. The Morgan fingerprint density at radius 1 is 1.38 bits per heavy atom. The number of ether oxygens (including phenoxy) is 1. The zero-order valence-corrected chi connectivity index (χ0v) is 10.6. The van der Waals surface area contributed by atoms with Crippen LogP contribution in [0.4, 0.5) is 5.69 Å². The van der Waals surface area contributed by atoms with E-state index in [2.05, 4.69) is 33.4 Å². The molecular formula is C14H21NO. The van der Waals surface area contributed by atoms with E-state index in [1.807, 2.05) is 19.1 Å². The highest BCUT2D eigenvalue weighted by Gasteiger charge is 2.14. The average Bonchev–Trinajstić information content (AvgIpc) is 2.14. The molecule has 1 aromatic carbocycles. The molecule has 0 fully saturated rings. The summed E-state index contributed by atoms with van der Waals surface area (Å²) in [5.74, 6) is 0.732. The molecule has 0 aliphatic heterocycles. The summed E-state index contributed by atoms with van der Waals surface area (Å²) >= 11 is 0. The van der Waals surface area contributed by atoms with E-state index in [-0.39, 0.29) is 5.41 Å². The van der Waals surface area contributed by atoms with E-state index in [0.29, 0.717) is 12.3 Å². The normalized spacial score (nSPS) is 11.2. The lowest BCUT2D eigenvalue weighted by Gasteiger charge is -2.20. The van der Waals surface area contributed by atoms with Crippen molar-refractivity contribution in [2.24, 2.45) is 0 Å². The second-order valence-corrected chi connectivity index (χ2v) is 5.25. The Morgan fingerprint density at radius 3 is 2.44 bits per heavy atom. The number of nitrogen functional groups attached to an aromatic ring is 1. The maximum absolute atomic E-state index is 5.95. The third-order valence-corrected chi connectivity index (χ3v) is 2.35. The van der Waals surface area contributed by atoms with Crippen LogP contribution >= 0.6 is 0 Å². The quantitative estimate of drug-likeness (QED) is 0.623. The average molecular weight is 219 g/mol. The Kier molecular flexibility index (Phi) is 3.63. The number of benzene rings is 1. The summed E-state index contributed by atoms with van der Waals surface area (Å²) in [5, 5.41) is 0. The van der Waals surface area contributed by atoms with E-state index < -0.39 is 0 Å². The minimum absolute atomic E-state index is 0.112. The molecule has 0 aromatic heterocycles. The van der Waals surface area contributed by atoms with Crippen molar-refractivity contribution in [1.29, 1.82) is 0 Å². The molecule has 0 spiro atoms. The number of nitrogens with two attached hydrogens (primary N) is 1. The van der Waals surface area contributed by atoms with Gasteiger partial charge in [-0.2, -0.15) is 0 Å². The fraction of sp³-hybridized carbons (Fsp3) is 0.429. The molecule has 0 atom stereocenters. The van der Waals surface area contributed by atoms with Crippen LogP contribution in [0.5, 0.6) is 5.75 Å². The highest BCUT2D eigenvalue weighted by Crippen LogP contribution is 2.29. The van der Waals surface area contributed by atoms with E-state index in [1.54, 1.807) is 0 Å². The third kappa shape index (κ3) is 3.30. The lowest BCUT2D eigenvalue weighted by Crippen LogP contribution is -2.12. The fourth-order valence-corrected chi connectivity index (χ4v) is 1.35. The number of hydrogen-bond acceptors (Lipinski definition) is 2. The number of anilines is 1. The van der Waals surface area contributed by atoms with Crippen LogP contribution in [0.25, 0.3) is 0 Å². The van der Waals surface area contributed by atoms with Gasteiger partial charge in [-0.3, -0.25) is 0 Å². The molecule has 0 aliphatic rings. The number of hydrogen-bond donors (Lipinski definition) is 1. The second-order valence-electron chi connectivity index (χ2n) is 5.25. The first kappa shape index (κ1) is 12.6. The maximum atomic E-state index is 5.95. The minimum Gasteiger partial charge on any atom is -0.487 e. The van der Waals surface area contributed by atoms with Crippen molar-refractivity contribution < 1.29 is 4.74 Å². The van der Waals surface area contributed by atoms with Crippen molar-refractivity contribution in [3.05, 3.63) is 35.9 Å². The molecule has 0 heterocycles. The lowest BCUT2D eigenvalue weighted by molar-refractivity contribution is 0.354. The van der Waals surface area contributed by atoms with Gasteiger partial charge in [0.1, 0.15) is 12.4 Å². The van der Waals surface area contributed by atoms with Crippen molar-refractivity contribution in [2.45, 2.75) is 33.1 Å². The fourth-order valence-electron chi connectivity index (χ4n) is 1.35. The molecule has 0 amide bonds. The molecule has 0 unspecified atom stereocenters. The Bertz CT molecular complexity index is 388. The van der Waals surface area contributed by atoms with Crippen LogP contribution in [0.1, 0.15) is 33.3 Å². The highest BCUT2D eigenvalue weighted by molar-refractivity contribution is 5.55. The molecule has 0 radical (unpaired) electrons. The van der Waals surface area contributed by atoms with Gasteiger partial charge in [-0.25, -0.2) is 0 Å². The molecule has 0 saturated carbocycles. The smallest absolute Gasteiger partial charge is 0.142 e. The highest BCUT2D eigenvalue weighted by atomic mass is 16.5. The van der Waals surface area contributed by atoms with Crippen molar-refractivity contribution in [2.75, 3.05) is 12.3 Å². The maximum Gasteiger partial charge on any atom is 0.142 e. The lowest BCUT2D eigenvalue weighted by atomic mass is 9.87. The SMILES string of the molecule is C=C(C)COc1ccc(C(C)(C)C)cc1N. The minimum atomic E-state index is 0.112. The van der Waals surface area contributed by atoms with E-state index in [4.69, 9.17) is 10.5 Å². The van der Waals surface area contributed by atoms with Gasteiger partial charge in [-0.15, -0.1) is 0 Å². The van der Waals surface area contributed by atoms with E-state index in [0.717, 1.165) is 11.3 Å². The van der Waals surface area contributed by atoms with Crippen LogP contribution < -0.4 is 10.5 Å².